The highest BCUT2D eigenvalue weighted by Crippen LogP contribution is 2.31. The number of carbonyl (C=O) groups is 1. The molecule has 0 spiro atoms. The van der Waals surface area contributed by atoms with Gasteiger partial charge in [0.2, 0.25) is 0 Å². The first-order valence-corrected chi connectivity index (χ1v) is 7.42. The minimum atomic E-state index is -0.0321. The first kappa shape index (κ1) is 13.9. The van der Waals surface area contributed by atoms with Gasteiger partial charge in [-0.15, -0.1) is 0 Å². The molecule has 2 rings (SSSR count). The summed E-state index contributed by atoms with van der Waals surface area (Å²) in [6, 6.07) is 5.57. The van der Waals surface area contributed by atoms with Crippen molar-refractivity contribution in [2.24, 2.45) is 11.8 Å². The predicted molar refractivity (Wildman–Crippen MR) is 78.0 cm³/mol. The van der Waals surface area contributed by atoms with Gasteiger partial charge in [0.25, 0.3) is 5.91 Å². The van der Waals surface area contributed by atoms with Crippen LogP contribution < -0.4 is 5.32 Å². The quantitative estimate of drug-likeness (QED) is 0.862. The van der Waals surface area contributed by atoms with E-state index in [9.17, 15) is 4.79 Å². The van der Waals surface area contributed by atoms with Crippen LogP contribution in [0.25, 0.3) is 0 Å². The molecule has 1 aliphatic carbocycles. The van der Waals surface area contributed by atoms with Crippen LogP contribution in [0.15, 0.2) is 22.7 Å². The summed E-state index contributed by atoms with van der Waals surface area (Å²) in [5.74, 6) is 1.19. The average molecular weight is 331 g/mol. The lowest BCUT2D eigenvalue weighted by Gasteiger charge is -2.19. The van der Waals surface area contributed by atoms with Gasteiger partial charge in [-0.1, -0.05) is 25.4 Å². The fraction of sp³-hybridized carbons (Fsp3) is 0.500. The molecular formula is C14H17BrClNO. The van der Waals surface area contributed by atoms with Crippen molar-refractivity contribution in [2.75, 3.05) is 0 Å². The van der Waals surface area contributed by atoms with Gasteiger partial charge in [-0.3, -0.25) is 4.79 Å². The average Bonchev–Trinajstić information content (AvgIpc) is 2.64. The summed E-state index contributed by atoms with van der Waals surface area (Å²) in [6.45, 7) is 4.45. The maximum atomic E-state index is 12.1. The van der Waals surface area contributed by atoms with Gasteiger partial charge >= 0.3 is 0 Å². The zero-order chi connectivity index (χ0) is 13.3. The van der Waals surface area contributed by atoms with Crippen LogP contribution in [0, 0.1) is 11.8 Å². The highest BCUT2D eigenvalue weighted by atomic mass is 79.9. The van der Waals surface area contributed by atoms with Crippen molar-refractivity contribution in [3.8, 4) is 0 Å². The first-order valence-electron chi connectivity index (χ1n) is 6.25. The lowest BCUT2D eigenvalue weighted by Crippen LogP contribution is -2.37. The summed E-state index contributed by atoms with van der Waals surface area (Å²) in [5, 5.41) is 3.67. The molecule has 1 aromatic rings. The molecule has 1 saturated carbocycles. The van der Waals surface area contributed by atoms with E-state index >= 15 is 0 Å². The van der Waals surface area contributed by atoms with Crippen molar-refractivity contribution in [3.63, 3.8) is 0 Å². The molecule has 1 amide bonds. The summed E-state index contributed by atoms with van der Waals surface area (Å²) in [5.41, 5.74) is 0.620. The van der Waals surface area contributed by atoms with E-state index in [0.717, 1.165) is 10.9 Å². The number of amides is 1. The van der Waals surface area contributed by atoms with Gasteiger partial charge in [0.05, 0.1) is 5.02 Å². The monoisotopic (exact) mass is 329 g/mol. The number of carbonyl (C=O) groups excluding carboxylic acids is 1. The summed E-state index contributed by atoms with van der Waals surface area (Å²) >= 11 is 9.32. The minimum Gasteiger partial charge on any atom is -0.349 e. The fourth-order valence-electron chi connectivity index (χ4n) is 2.46. The van der Waals surface area contributed by atoms with Gasteiger partial charge in [0, 0.05) is 16.1 Å². The van der Waals surface area contributed by atoms with E-state index in [4.69, 9.17) is 11.6 Å². The van der Waals surface area contributed by atoms with Crippen molar-refractivity contribution in [1.29, 1.82) is 0 Å². The molecule has 1 aromatic carbocycles. The molecule has 4 heteroatoms. The third-order valence-electron chi connectivity index (χ3n) is 3.96. The predicted octanol–water partition coefficient (Wildman–Crippen LogP) is 4.27. The Morgan fingerprint density at radius 1 is 1.39 bits per heavy atom. The van der Waals surface area contributed by atoms with Crippen LogP contribution in [0.1, 0.15) is 37.0 Å². The van der Waals surface area contributed by atoms with Crippen molar-refractivity contribution < 1.29 is 4.79 Å². The van der Waals surface area contributed by atoms with Crippen LogP contribution in [0.3, 0.4) is 0 Å². The molecule has 1 aliphatic rings. The molecule has 18 heavy (non-hydrogen) atoms. The molecule has 3 atom stereocenters. The topological polar surface area (TPSA) is 29.1 Å². The lowest BCUT2D eigenvalue weighted by molar-refractivity contribution is 0.0927. The highest BCUT2D eigenvalue weighted by molar-refractivity contribution is 9.10. The maximum absolute atomic E-state index is 12.1. The van der Waals surface area contributed by atoms with Crippen molar-refractivity contribution in [2.45, 2.75) is 32.7 Å². The number of nitrogens with one attached hydrogen (secondary N) is 1. The minimum absolute atomic E-state index is 0.0321. The van der Waals surface area contributed by atoms with Crippen LogP contribution in [-0.2, 0) is 0 Å². The number of hydrogen-bond donors (Lipinski definition) is 1. The highest BCUT2D eigenvalue weighted by Gasteiger charge is 2.30. The van der Waals surface area contributed by atoms with Crippen LogP contribution in [0.2, 0.25) is 5.02 Å². The number of rotatable bonds is 2. The zero-order valence-corrected chi connectivity index (χ0v) is 12.9. The number of hydrogen-bond acceptors (Lipinski definition) is 1. The normalized spacial score (nSPS) is 27.2. The van der Waals surface area contributed by atoms with E-state index in [1.165, 1.54) is 6.42 Å². The molecule has 0 aliphatic heterocycles. The Hall–Kier alpha value is -0.540. The summed E-state index contributed by atoms with van der Waals surface area (Å²) in [6.07, 6.45) is 2.26. The molecular weight excluding hydrogens is 314 g/mol. The molecule has 0 bridgehead atoms. The Bertz CT molecular complexity index is 463. The van der Waals surface area contributed by atoms with Gasteiger partial charge in [0.15, 0.2) is 0 Å². The Labute approximate surface area is 121 Å². The van der Waals surface area contributed by atoms with E-state index in [0.29, 0.717) is 22.4 Å². The van der Waals surface area contributed by atoms with Crippen molar-refractivity contribution in [1.82, 2.24) is 5.32 Å². The maximum Gasteiger partial charge on any atom is 0.251 e. The second kappa shape index (κ2) is 5.62. The van der Waals surface area contributed by atoms with E-state index in [2.05, 4.69) is 35.1 Å². The van der Waals surface area contributed by atoms with Crippen LogP contribution in [0.5, 0.6) is 0 Å². The van der Waals surface area contributed by atoms with Gasteiger partial charge in [-0.25, -0.2) is 0 Å². The molecule has 0 saturated heterocycles. The molecule has 0 aromatic heterocycles. The summed E-state index contributed by atoms with van der Waals surface area (Å²) in [7, 11) is 0. The lowest BCUT2D eigenvalue weighted by atomic mass is 9.97. The van der Waals surface area contributed by atoms with E-state index in [1.807, 2.05) is 0 Å². The molecule has 2 nitrogen and oxygen atoms in total. The van der Waals surface area contributed by atoms with E-state index in [1.54, 1.807) is 18.2 Å². The van der Waals surface area contributed by atoms with E-state index < -0.39 is 0 Å². The SMILES string of the molecule is CC1CCC(NC(=O)c2ccc(Br)c(Cl)c2)C1C. The largest absolute Gasteiger partial charge is 0.349 e. The van der Waals surface area contributed by atoms with Gasteiger partial charge in [0.1, 0.15) is 0 Å². The fourth-order valence-corrected chi connectivity index (χ4v) is 2.88. The third kappa shape index (κ3) is 2.89. The van der Waals surface area contributed by atoms with Crippen molar-refractivity contribution in [3.05, 3.63) is 33.3 Å². The number of benzene rings is 1. The third-order valence-corrected chi connectivity index (χ3v) is 5.20. The van der Waals surface area contributed by atoms with Crippen LogP contribution >= 0.6 is 27.5 Å². The second-order valence-electron chi connectivity index (χ2n) is 5.12. The Kier molecular flexibility index (Phi) is 4.33. The Morgan fingerprint density at radius 3 is 2.67 bits per heavy atom. The van der Waals surface area contributed by atoms with E-state index in [-0.39, 0.29) is 11.9 Å². The summed E-state index contributed by atoms with van der Waals surface area (Å²) < 4.78 is 0.809. The van der Waals surface area contributed by atoms with Crippen LogP contribution in [0.4, 0.5) is 0 Å². The van der Waals surface area contributed by atoms with Gasteiger partial charge in [-0.05, 0) is 58.8 Å². The van der Waals surface area contributed by atoms with Gasteiger partial charge in [-0.2, -0.15) is 0 Å². The van der Waals surface area contributed by atoms with Crippen molar-refractivity contribution >= 4 is 33.4 Å². The van der Waals surface area contributed by atoms with Gasteiger partial charge < -0.3 is 5.32 Å². The first-order chi connectivity index (χ1) is 8.49. The molecule has 0 radical (unpaired) electrons. The molecule has 98 valence electrons. The Morgan fingerprint density at radius 2 is 2.11 bits per heavy atom. The summed E-state index contributed by atoms with van der Waals surface area (Å²) in [4.78, 5) is 12.1. The number of halogens is 2. The zero-order valence-electron chi connectivity index (χ0n) is 10.5. The smallest absolute Gasteiger partial charge is 0.251 e. The van der Waals surface area contributed by atoms with Crippen LogP contribution in [-0.4, -0.2) is 11.9 Å². The molecule has 1 fully saturated rings. The molecule has 0 heterocycles. The standard InChI is InChI=1S/C14H17BrClNO/c1-8-3-6-13(9(8)2)17-14(18)10-4-5-11(15)12(16)7-10/h4-5,7-9,13H,3,6H2,1-2H3,(H,17,18). The molecule has 3 unspecified atom stereocenters. The Balaban J connectivity index is 2.06. The second-order valence-corrected chi connectivity index (χ2v) is 6.38. The molecule has 1 N–H and O–H groups in total.